The number of amides is 1. The summed E-state index contributed by atoms with van der Waals surface area (Å²) in [5.74, 6) is -0.686. The van der Waals surface area contributed by atoms with Crippen molar-refractivity contribution >= 4 is 39.1 Å². The van der Waals surface area contributed by atoms with Crippen LogP contribution in [0.15, 0.2) is 16.6 Å². The first kappa shape index (κ1) is 17.1. The summed E-state index contributed by atoms with van der Waals surface area (Å²) in [5.41, 5.74) is 0.0435. The molecule has 1 aromatic rings. The van der Waals surface area contributed by atoms with Crippen molar-refractivity contribution in [1.82, 2.24) is 0 Å². The highest BCUT2D eigenvalue weighted by atomic mass is 79.9. The van der Waals surface area contributed by atoms with E-state index in [4.69, 9.17) is 16.3 Å². The van der Waals surface area contributed by atoms with E-state index in [1.54, 1.807) is 13.8 Å². The normalized spacial score (nSPS) is 11.0. The lowest BCUT2D eigenvalue weighted by Gasteiger charge is -2.14. The van der Waals surface area contributed by atoms with Crippen LogP contribution in [0.3, 0.4) is 0 Å². The molecular formula is C12H13BrClF2NO3. The molecule has 0 aromatic heterocycles. The highest BCUT2D eigenvalue weighted by molar-refractivity contribution is 9.10. The Morgan fingerprint density at radius 3 is 2.65 bits per heavy atom. The van der Waals surface area contributed by atoms with Gasteiger partial charge in [0.25, 0.3) is 0 Å². The Balaban J connectivity index is 2.89. The molecule has 0 radical (unpaired) electrons. The van der Waals surface area contributed by atoms with Gasteiger partial charge in [-0.3, -0.25) is 4.79 Å². The molecule has 20 heavy (non-hydrogen) atoms. The molecular weight excluding hydrogens is 359 g/mol. The first-order valence-electron chi connectivity index (χ1n) is 5.65. The van der Waals surface area contributed by atoms with E-state index in [1.165, 1.54) is 12.1 Å². The van der Waals surface area contributed by atoms with Gasteiger partial charge in [0, 0.05) is 5.02 Å². The predicted octanol–water partition coefficient (Wildman–Crippen LogP) is 4.07. The maximum atomic E-state index is 12.4. The molecule has 0 atom stereocenters. The number of carbonyl (C=O) groups is 1. The molecule has 0 saturated carbocycles. The SMILES string of the molecule is CC(C)OCC(=O)Nc1cc(Cl)cc(Br)c1OC(F)F. The first-order valence-corrected chi connectivity index (χ1v) is 6.82. The molecule has 0 spiro atoms. The lowest BCUT2D eigenvalue weighted by atomic mass is 10.3. The highest BCUT2D eigenvalue weighted by Gasteiger charge is 2.17. The molecule has 0 aliphatic rings. The number of rotatable bonds is 6. The second-order valence-corrected chi connectivity index (χ2v) is 5.34. The van der Waals surface area contributed by atoms with Crippen LogP contribution in [0.1, 0.15) is 13.8 Å². The second kappa shape index (κ2) is 7.75. The zero-order chi connectivity index (χ0) is 15.3. The Bertz CT molecular complexity index is 486. The van der Waals surface area contributed by atoms with Gasteiger partial charge in [0.2, 0.25) is 5.91 Å². The maximum Gasteiger partial charge on any atom is 0.387 e. The fourth-order valence-electron chi connectivity index (χ4n) is 1.29. The molecule has 112 valence electrons. The third-order valence-corrected chi connectivity index (χ3v) is 2.84. The average Bonchev–Trinajstić information content (AvgIpc) is 2.30. The van der Waals surface area contributed by atoms with Gasteiger partial charge in [-0.25, -0.2) is 0 Å². The van der Waals surface area contributed by atoms with Crippen LogP contribution in [-0.2, 0) is 9.53 Å². The van der Waals surface area contributed by atoms with E-state index in [0.29, 0.717) is 0 Å². The van der Waals surface area contributed by atoms with Gasteiger partial charge < -0.3 is 14.8 Å². The van der Waals surface area contributed by atoms with Gasteiger partial charge >= 0.3 is 6.61 Å². The molecule has 1 rings (SSSR count). The Kier molecular flexibility index (Phi) is 6.64. The van der Waals surface area contributed by atoms with E-state index in [1.807, 2.05) is 0 Å². The van der Waals surface area contributed by atoms with Gasteiger partial charge in [-0.2, -0.15) is 8.78 Å². The minimum Gasteiger partial charge on any atom is -0.431 e. The summed E-state index contributed by atoms with van der Waals surface area (Å²) < 4.78 is 34.4. The number of hydrogen-bond acceptors (Lipinski definition) is 3. The summed E-state index contributed by atoms with van der Waals surface area (Å²) in [5, 5.41) is 2.68. The molecule has 0 unspecified atom stereocenters. The number of halogens is 4. The number of hydrogen-bond donors (Lipinski definition) is 1. The number of carbonyl (C=O) groups excluding carboxylic acids is 1. The van der Waals surface area contributed by atoms with Gasteiger partial charge in [-0.05, 0) is 41.9 Å². The van der Waals surface area contributed by atoms with Gasteiger partial charge in [0.15, 0.2) is 5.75 Å². The Morgan fingerprint density at radius 1 is 1.45 bits per heavy atom. The summed E-state index contributed by atoms with van der Waals surface area (Å²) in [6.07, 6.45) is -0.122. The molecule has 0 fully saturated rings. The van der Waals surface area contributed by atoms with E-state index in [2.05, 4.69) is 26.0 Å². The molecule has 1 N–H and O–H groups in total. The molecule has 1 aromatic carbocycles. The van der Waals surface area contributed by atoms with Crippen molar-refractivity contribution in [3.05, 3.63) is 21.6 Å². The number of anilines is 1. The summed E-state index contributed by atoms with van der Waals surface area (Å²) in [4.78, 5) is 11.6. The zero-order valence-corrected chi connectivity index (χ0v) is 13.1. The maximum absolute atomic E-state index is 12.4. The van der Waals surface area contributed by atoms with Crippen molar-refractivity contribution in [1.29, 1.82) is 0 Å². The van der Waals surface area contributed by atoms with Crippen LogP contribution >= 0.6 is 27.5 Å². The van der Waals surface area contributed by atoms with Gasteiger partial charge in [-0.1, -0.05) is 11.6 Å². The van der Waals surface area contributed by atoms with Crippen molar-refractivity contribution in [2.24, 2.45) is 0 Å². The lowest BCUT2D eigenvalue weighted by Crippen LogP contribution is -2.21. The van der Waals surface area contributed by atoms with Crippen molar-refractivity contribution in [3.63, 3.8) is 0 Å². The van der Waals surface area contributed by atoms with Crippen LogP contribution in [0.4, 0.5) is 14.5 Å². The smallest absolute Gasteiger partial charge is 0.387 e. The van der Waals surface area contributed by atoms with E-state index in [9.17, 15) is 13.6 Å². The molecule has 0 saturated heterocycles. The monoisotopic (exact) mass is 371 g/mol. The fourth-order valence-corrected chi connectivity index (χ4v) is 2.19. The lowest BCUT2D eigenvalue weighted by molar-refractivity contribution is -0.122. The second-order valence-electron chi connectivity index (χ2n) is 4.05. The largest absolute Gasteiger partial charge is 0.431 e. The van der Waals surface area contributed by atoms with Gasteiger partial charge in [0.05, 0.1) is 16.3 Å². The third-order valence-electron chi connectivity index (χ3n) is 2.04. The minimum absolute atomic E-state index is 0.0435. The molecule has 1 amide bonds. The minimum atomic E-state index is -3.02. The molecule has 0 heterocycles. The highest BCUT2D eigenvalue weighted by Crippen LogP contribution is 2.37. The van der Waals surface area contributed by atoms with Crippen molar-refractivity contribution in [2.75, 3.05) is 11.9 Å². The number of benzene rings is 1. The third kappa shape index (κ3) is 5.60. The number of alkyl halides is 2. The van der Waals surface area contributed by atoms with Gasteiger partial charge in [0.1, 0.15) is 6.61 Å². The Hall–Kier alpha value is -0.920. The van der Waals surface area contributed by atoms with Crippen molar-refractivity contribution in [3.8, 4) is 5.75 Å². The number of ether oxygens (including phenoxy) is 2. The average molecular weight is 373 g/mol. The molecule has 0 bridgehead atoms. The first-order chi connectivity index (χ1) is 9.29. The van der Waals surface area contributed by atoms with Crippen LogP contribution < -0.4 is 10.1 Å². The predicted molar refractivity (Wildman–Crippen MR) is 75.5 cm³/mol. The zero-order valence-electron chi connectivity index (χ0n) is 10.8. The van der Waals surface area contributed by atoms with Crippen molar-refractivity contribution in [2.45, 2.75) is 26.6 Å². The molecule has 0 aliphatic carbocycles. The Labute approximate surface area is 128 Å². The van der Waals surface area contributed by atoms with E-state index < -0.39 is 12.5 Å². The molecule has 8 heteroatoms. The van der Waals surface area contributed by atoms with E-state index in [-0.39, 0.29) is 33.6 Å². The van der Waals surface area contributed by atoms with Crippen LogP contribution in [-0.4, -0.2) is 25.2 Å². The topological polar surface area (TPSA) is 47.6 Å². The summed E-state index contributed by atoms with van der Waals surface area (Å²) in [6.45, 7) is 0.328. The molecule has 0 aliphatic heterocycles. The number of nitrogens with one attached hydrogen (secondary N) is 1. The fraction of sp³-hybridized carbons (Fsp3) is 0.417. The standard InChI is InChI=1S/C12H13BrClF2NO3/c1-6(2)19-5-10(18)17-9-4-7(14)3-8(13)11(9)20-12(15)16/h3-4,6,12H,5H2,1-2H3,(H,17,18). The van der Waals surface area contributed by atoms with Crippen molar-refractivity contribution < 1.29 is 23.0 Å². The van der Waals surface area contributed by atoms with E-state index >= 15 is 0 Å². The van der Waals surface area contributed by atoms with Gasteiger partial charge in [-0.15, -0.1) is 0 Å². The summed E-state index contributed by atoms with van der Waals surface area (Å²) in [6, 6.07) is 2.71. The van der Waals surface area contributed by atoms with Crippen LogP contribution in [0.2, 0.25) is 5.02 Å². The summed E-state index contributed by atoms with van der Waals surface area (Å²) in [7, 11) is 0. The summed E-state index contributed by atoms with van der Waals surface area (Å²) >= 11 is 8.87. The van der Waals surface area contributed by atoms with Crippen LogP contribution in [0.25, 0.3) is 0 Å². The van der Waals surface area contributed by atoms with E-state index in [0.717, 1.165) is 0 Å². The Morgan fingerprint density at radius 2 is 2.10 bits per heavy atom. The van der Waals surface area contributed by atoms with Crippen LogP contribution in [0, 0.1) is 0 Å². The van der Waals surface area contributed by atoms with Crippen LogP contribution in [0.5, 0.6) is 5.75 Å². The quantitative estimate of drug-likeness (QED) is 0.819. The molecule has 4 nitrogen and oxygen atoms in total.